The van der Waals surface area contributed by atoms with Crippen LogP contribution < -0.4 is 15.3 Å². The fourth-order valence-electron chi connectivity index (χ4n) is 2.66. The number of thioether (sulfide) groups is 1. The number of nitrogens with zero attached hydrogens (tertiary/aromatic N) is 3. The summed E-state index contributed by atoms with van der Waals surface area (Å²) in [5.41, 5.74) is 0.833. The molecule has 0 fully saturated rings. The van der Waals surface area contributed by atoms with Crippen molar-refractivity contribution in [1.29, 1.82) is 0 Å². The van der Waals surface area contributed by atoms with Gasteiger partial charge in [0.2, 0.25) is 0 Å². The molecule has 0 amide bonds. The molecule has 0 saturated heterocycles. The van der Waals surface area contributed by atoms with Gasteiger partial charge in [-0.1, -0.05) is 42.6 Å². The Labute approximate surface area is 181 Å². The van der Waals surface area contributed by atoms with Gasteiger partial charge in [0.25, 0.3) is 0 Å². The van der Waals surface area contributed by atoms with E-state index in [-0.39, 0.29) is 6.04 Å². The topological polar surface area (TPSA) is 66.7 Å². The van der Waals surface area contributed by atoms with E-state index >= 15 is 0 Å². The Morgan fingerprint density at radius 3 is 3.10 bits per heavy atom. The number of amidine groups is 1. The molecule has 0 aliphatic heterocycles. The molecule has 1 aliphatic carbocycles. The van der Waals surface area contributed by atoms with E-state index in [1.165, 1.54) is 29.3 Å². The van der Waals surface area contributed by atoms with Crippen LogP contribution in [0.5, 0.6) is 0 Å². The monoisotopic (exact) mass is 442 g/mol. The van der Waals surface area contributed by atoms with Crippen LogP contribution in [-0.2, 0) is 11.0 Å². The first-order chi connectivity index (χ1) is 14.1. The van der Waals surface area contributed by atoms with Crippen LogP contribution in [0.2, 0.25) is 0 Å². The van der Waals surface area contributed by atoms with Gasteiger partial charge in [0.1, 0.15) is 15.2 Å². The first-order valence-corrected chi connectivity index (χ1v) is 12.2. The summed E-state index contributed by atoms with van der Waals surface area (Å²) in [6, 6.07) is 7.61. The molecule has 29 heavy (non-hydrogen) atoms. The number of hydrogen-bond donors (Lipinski definition) is 1. The van der Waals surface area contributed by atoms with Crippen molar-refractivity contribution in [3.8, 4) is 0 Å². The van der Waals surface area contributed by atoms with Crippen molar-refractivity contribution in [1.82, 2.24) is 9.71 Å². The Balaban J connectivity index is 1.79. The van der Waals surface area contributed by atoms with Crippen molar-refractivity contribution in [2.45, 2.75) is 23.6 Å². The molecule has 2 aromatic heterocycles. The van der Waals surface area contributed by atoms with E-state index in [1.54, 1.807) is 6.20 Å². The maximum atomic E-state index is 12.9. The second-order valence-electron chi connectivity index (χ2n) is 6.04. The Kier molecular flexibility index (Phi) is 7.88. The molecule has 2 heterocycles. The van der Waals surface area contributed by atoms with Crippen LogP contribution in [0.25, 0.3) is 12.2 Å². The quantitative estimate of drug-likeness (QED) is 0.440. The maximum Gasteiger partial charge on any atom is 0.187 e. The van der Waals surface area contributed by atoms with Gasteiger partial charge in [0.15, 0.2) is 5.17 Å². The Bertz CT molecular complexity index is 1110. The molecule has 0 spiro atoms. The molecule has 0 saturated carbocycles. The predicted octanol–water partition coefficient (Wildman–Crippen LogP) is 3.02. The average Bonchev–Trinajstić information content (AvgIpc) is 3.20. The normalized spacial score (nSPS) is 20.3. The fraction of sp³-hybridized carbons (Fsp3) is 0.190. The maximum absolute atomic E-state index is 12.9. The summed E-state index contributed by atoms with van der Waals surface area (Å²) in [7, 11) is -1.34. The SMILES string of the molecule is C=CN=C(/N=C(\C)c1ccc(S(=O)NC2C=c3nccc/c3=C/C/C=C\2)s1)SC. The molecule has 2 unspecified atom stereocenters. The van der Waals surface area contributed by atoms with Gasteiger partial charge in [-0.3, -0.25) is 4.98 Å². The Morgan fingerprint density at radius 1 is 1.45 bits per heavy atom. The van der Waals surface area contributed by atoms with E-state index in [0.717, 1.165) is 31.8 Å². The third-order valence-electron chi connectivity index (χ3n) is 4.04. The van der Waals surface area contributed by atoms with Crippen molar-refractivity contribution in [2.75, 3.05) is 6.26 Å². The number of hydrogen-bond acceptors (Lipinski definition) is 5. The summed E-state index contributed by atoms with van der Waals surface area (Å²) in [5, 5.41) is 2.63. The van der Waals surface area contributed by atoms with Crippen LogP contribution in [0.15, 0.2) is 69.6 Å². The summed E-state index contributed by atoms with van der Waals surface area (Å²) in [4.78, 5) is 14.0. The molecule has 1 aliphatic rings. The second kappa shape index (κ2) is 10.6. The van der Waals surface area contributed by atoms with Gasteiger partial charge in [0.05, 0.1) is 17.1 Å². The highest BCUT2D eigenvalue weighted by molar-refractivity contribution is 8.13. The Morgan fingerprint density at radius 2 is 2.31 bits per heavy atom. The molecule has 2 atom stereocenters. The Hall–Kier alpha value is -2.13. The summed E-state index contributed by atoms with van der Waals surface area (Å²) in [6.45, 7) is 5.53. The van der Waals surface area contributed by atoms with E-state index < -0.39 is 11.0 Å². The minimum absolute atomic E-state index is 0.165. The van der Waals surface area contributed by atoms with Crippen molar-refractivity contribution in [2.24, 2.45) is 9.98 Å². The molecular formula is C21H22N4OS3. The van der Waals surface area contributed by atoms with E-state index in [2.05, 4.69) is 38.4 Å². The summed E-state index contributed by atoms with van der Waals surface area (Å²) in [6.07, 6.45) is 14.2. The van der Waals surface area contributed by atoms with E-state index in [9.17, 15) is 4.21 Å². The first-order valence-electron chi connectivity index (χ1n) is 8.96. The highest BCUT2D eigenvalue weighted by atomic mass is 32.2. The van der Waals surface area contributed by atoms with Gasteiger partial charge in [-0.25, -0.2) is 18.9 Å². The number of aromatic nitrogens is 1. The molecule has 0 radical (unpaired) electrons. The molecule has 8 heteroatoms. The lowest BCUT2D eigenvalue weighted by atomic mass is 10.1. The van der Waals surface area contributed by atoms with Crippen LogP contribution in [0, 0.1) is 0 Å². The van der Waals surface area contributed by atoms with Gasteiger partial charge >= 0.3 is 0 Å². The standard InChI is InChI=1S/C21H22N4OS3/c1-4-22-21(27-3)24-15(2)19-11-12-20(28-19)29(26)25-17-10-6-5-8-16-9-7-13-23-18(16)14-17/h4,6-14,17,25H,1,5H2,2-3H3/b10-6-,16-8-,18-14?,22-21?,24-15+. The van der Waals surface area contributed by atoms with Crippen LogP contribution >= 0.6 is 23.1 Å². The number of thiophene rings is 1. The molecule has 3 rings (SSSR count). The van der Waals surface area contributed by atoms with E-state index in [0.29, 0.717) is 5.17 Å². The summed E-state index contributed by atoms with van der Waals surface area (Å²) < 4.78 is 16.8. The van der Waals surface area contributed by atoms with Gasteiger partial charge in [-0.15, -0.1) is 11.3 Å². The molecule has 0 aromatic carbocycles. The lowest BCUT2D eigenvalue weighted by Gasteiger charge is -2.10. The third-order valence-corrected chi connectivity index (χ3v) is 7.28. The van der Waals surface area contributed by atoms with E-state index in [4.69, 9.17) is 0 Å². The smallest absolute Gasteiger partial charge is 0.187 e. The lowest BCUT2D eigenvalue weighted by molar-refractivity contribution is 0.673. The van der Waals surface area contributed by atoms with Gasteiger partial charge in [-0.05, 0) is 49.1 Å². The van der Waals surface area contributed by atoms with Gasteiger partial charge in [-0.2, -0.15) is 0 Å². The zero-order chi connectivity index (χ0) is 20.6. The van der Waals surface area contributed by atoms with Crippen molar-refractivity contribution in [3.05, 3.63) is 70.8 Å². The minimum atomic E-state index is -1.34. The molecular weight excluding hydrogens is 420 g/mol. The number of fused-ring (bicyclic) bond motifs is 1. The fourth-order valence-corrected chi connectivity index (χ4v) is 5.17. The van der Waals surface area contributed by atoms with Crippen molar-refractivity contribution >= 4 is 57.1 Å². The number of aliphatic imine (C=N–C) groups is 2. The molecule has 2 aromatic rings. The van der Waals surface area contributed by atoms with Crippen molar-refractivity contribution in [3.63, 3.8) is 0 Å². The minimum Gasteiger partial charge on any atom is -0.257 e. The van der Waals surface area contributed by atoms with Gasteiger partial charge in [0, 0.05) is 17.3 Å². The number of allylic oxidation sites excluding steroid dienone is 1. The van der Waals surface area contributed by atoms with Gasteiger partial charge < -0.3 is 0 Å². The zero-order valence-electron chi connectivity index (χ0n) is 16.2. The van der Waals surface area contributed by atoms with Crippen LogP contribution in [-0.4, -0.2) is 32.4 Å². The molecule has 1 N–H and O–H groups in total. The summed E-state index contributed by atoms with van der Waals surface area (Å²) in [5.74, 6) is 0. The largest absolute Gasteiger partial charge is 0.257 e. The highest BCUT2D eigenvalue weighted by Gasteiger charge is 2.13. The summed E-state index contributed by atoms with van der Waals surface area (Å²) >= 11 is 2.92. The van der Waals surface area contributed by atoms with Crippen molar-refractivity contribution < 1.29 is 4.21 Å². The number of nitrogens with one attached hydrogen (secondary N) is 1. The third kappa shape index (κ3) is 5.93. The van der Waals surface area contributed by atoms with Crippen LogP contribution in [0.4, 0.5) is 0 Å². The number of rotatable bonds is 5. The molecule has 0 bridgehead atoms. The molecule has 150 valence electrons. The predicted molar refractivity (Wildman–Crippen MR) is 127 cm³/mol. The lowest BCUT2D eigenvalue weighted by Crippen LogP contribution is -2.35. The van der Waals surface area contributed by atoms with Crippen LogP contribution in [0.3, 0.4) is 0 Å². The van der Waals surface area contributed by atoms with E-state index in [1.807, 2.05) is 49.6 Å². The number of pyridine rings is 1. The first kappa shape index (κ1) is 21.6. The molecule has 5 nitrogen and oxygen atoms in total. The second-order valence-corrected chi connectivity index (χ2v) is 9.37. The highest BCUT2D eigenvalue weighted by Crippen LogP contribution is 2.21. The van der Waals surface area contributed by atoms with Crippen LogP contribution in [0.1, 0.15) is 18.2 Å². The zero-order valence-corrected chi connectivity index (χ0v) is 18.7. The average molecular weight is 443 g/mol.